The Kier molecular flexibility index (Phi) is 4.84. The van der Waals surface area contributed by atoms with Crippen molar-refractivity contribution >= 4 is 0 Å². The first-order chi connectivity index (χ1) is 7.95. The highest BCUT2D eigenvalue weighted by molar-refractivity contribution is 5.14. The Bertz CT molecular complexity index is 280. The smallest absolute Gasteiger partial charge is 0.0506 e. The maximum absolute atomic E-state index is 5.74. The van der Waals surface area contributed by atoms with Crippen LogP contribution in [0.1, 0.15) is 18.4 Å². The predicted molar refractivity (Wildman–Crippen MR) is 66.6 cm³/mol. The van der Waals surface area contributed by atoms with E-state index >= 15 is 0 Å². The van der Waals surface area contributed by atoms with Gasteiger partial charge in [-0.15, -0.1) is 0 Å². The molecule has 0 aromatic heterocycles. The molecule has 0 amide bonds. The Morgan fingerprint density at radius 1 is 1.25 bits per heavy atom. The molecule has 0 radical (unpaired) electrons. The van der Waals surface area contributed by atoms with Gasteiger partial charge in [0.05, 0.1) is 13.2 Å². The van der Waals surface area contributed by atoms with Crippen molar-refractivity contribution < 1.29 is 4.74 Å². The van der Waals surface area contributed by atoms with Crippen molar-refractivity contribution in [2.24, 2.45) is 5.92 Å². The highest BCUT2D eigenvalue weighted by atomic mass is 16.5. The van der Waals surface area contributed by atoms with Crippen molar-refractivity contribution in [1.82, 2.24) is 5.32 Å². The summed E-state index contributed by atoms with van der Waals surface area (Å²) in [6, 6.07) is 10.5. The van der Waals surface area contributed by atoms with E-state index in [1.165, 1.54) is 24.9 Å². The fraction of sp³-hybridized carbons (Fsp3) is 0.571. The molecule has 1 saturated heterocycles. The molecule has 2 nitrogen and oxygen atoms in total. The second kappa shape index (κ2) is 6.66. The largest absolute Gasteiger partial charge is 0.381 e. The zero-order valence-electron chi connectivity index (χ0n) is 9.82. The molecule has 1 aromatic carbocycles. The molecular weight excluding hydrogens is 198 g/mol. The van der Waals surface area contributed by atoms with E-state index in [2.05, 4.69) is 35.6 Å². The Labute approximate surface area is 98.0 Å². The quantitative estimate of drug-likeness (QED) is 0.767. The molecule has 1 aromatic rings. The van der Waals surface area contributed by atoms with Crippen LogP contribution < -0.4 is 5.32 Å². The van der Waals surface area contributed by atoms with Gasteiger partial charge in [0.2, 0.25) is 0 Å². The number of hydrogen-bond donors (Lipinski definition) is 1. The molecule has 2 rings (SSSR count). The molecule has 88 valence electrons. The second-order valence-corrected chi connectivity index (χ2v) is 4.52. The van der Waals surface area contributed by atoms with Gasteiger partial charge >= 0.3 is 0 Å². The summed E-state index contributed by atoms with van der Waals surface area (Å²) in [5.74, 6) is 0.726. The predicted octanol–water partition coefficient (Wildman–Crippen LogP) is 2.25. The van der Waals surface area contributed by atoms with Gasteiger partial charge in [-0.05, 0) is 37.3 Å². The molecule has 0 spiro atoms. The fourth-order valence-electron chi connectivity index (χ4n) is 2.15. The van der Waals surface area contributed by atoms with Crippen LogP contribution in [-0.4, -0.2) is 26.3 Å². The molecule has 2 heteroatoms. The summed E-state index contributed by atoms with van der Waals surface area (Å²) in [5.41, 5.74) is 1.37. The monoisotopic (exact) mass is 219 g/mol. The van der Waals surface area contributed by atoms with Gasteiger partial charge in [-0.25, -0.2) is 0 Å². The Balaban J connectivity index is 1.58. The third-order valence-corrected chi connectivity index (χ3v) is 3.13. The first-order valence-corrected chi connectivity index (χ1v) is 6.27. The van der Waals surface area contributed by atoms with Crippen LogP contribution in [0.5, 0.6) is 0 Å². The molecule has 1 atom stereocenters. The summed E-state index contributed by atoms with van der Waals surface area (Å²) in [5, 5.41) is 3.41. The van der Waals surface area contributed by atoms with Gasteiger partial charge in [0.1, 0.15) is 0 Å². The lowest BCUT2D eigenvalue weighted by Crippen LogP contribution is -2.32. The van der Waals surface area contributed by atoms with Crippen LogP contribution >= 0.6 is 0 Å². The van der Waals surface area contributed by atoms with Crippen LogP contribution in [0.25, 0.3) is 0 Å². The lowest BCUT2D eigenvalue weighted by Gasteiger charge is -2.22. The van der Waals surface area contributed by atoms with E-state index in [1.54, 1.807) is 0 Å². The number of benzene rings is 1. The third-order valence-electron chi connectivity index (χ3n) is 3.13. The molecule has 1 fully saturated rings. The lowest BCUT2D eigenvalue weighted by atomic mass is 10.0. The molecule has 0 aliphatic carbocycles. The Morgan fingerprint density at radius 3 is 2.88 bits per heavy atom. The van der Waals surface area contributed by atoms with E-state index in [-0.39, 0.29) is 0 Å². The number of piperidine rings is 1. The number of rotatable bonds is 5. The summed E-state index contributed by atoms with van der Waals surface area (Å²) in [7, 11) is 0. The molecule has 0 unspecified atom stereocenters. The average Bonchev–Trinajstić information content (AvgIpc) is 2.37. The van der Waals surface area contributed by atoms with E-state index in [9.17, 15) is 0 Å². The number of ether oxygens (including phenoxy) is 1. The van der Waals surface area contributed by atoms with E-state index < -0.39 is 0 Å². The third kappa shape index (κ3) is 3.95. The zero-order chi connectivity index (χ0) is 11.1. The van der Waals surface area contributed by atoms with Crippen molar-refractivity contribution in [2.45, 2.75) is 19.3 Å². The molecule has 0 saturated carbocycles. The molecule has 1 heterocycles. The van der Waals surface area contributed by atoms with E-state index in [0.717, 1.165) is 32.1 Å². The van der Waals surface area contributed by atoms with Crippen molar-refractivity contribution in [3.8, 4) is 0 Å². The van der Waals surface area contributed by atoms with Crippen molar-refractivity contribution in [3.63, 3.8) is 0 Å². The first-order valence-electron chi connectivity index (χ1n) is 6.27. The van der Waals surface area contributed by atoms with E-state index in [1.807, 2.05) is 0 Å². The van der Waals surface area contributed by atoms with Gasteiger partial charge in [-0.3, -0.25) is 0 Å². The minimum Gasteiger partial charge on any atom is -0.381 e. The van der Waals surface area contributed by atoms with Crippen LogP contribution in [0.4, 0.5) is 0 Å². The summed E-state index contributed by atoms with van der Waals surface area (Å²) >= 11 is 0. The van der Waals surface area contributed by atoms with Gasteiger partial charge in [0.15, 0.2) is 0 Å². The Morgan fingerprint density at radius 2 is 2.12 bits per heavy atom. The number of nitrogens with one attached hydrogen (secondary N) is 1. The van der Waals surface area contributed by atoms with Crippen molar-refractivity contribution in [1.29, 1.82) is 0 Å². The molecule has 1 aliphatic heterocycles. The van der Waals surface area contributed by atoms with Gasteiger partial charge in [0, 0.05) is 6.54 Å². The molecule has 1 N–H and O–H groups in total. The highest BCUT2D eigenvalue weighted by Gasteiger charge is 2.12. The summed E-state index contributed by atoms with van der Waals surface area (Å²) in [6.07, 6.45) is 3.64. The van der Waals surface area contributed by atoms with Crippen LogP contribution in [0, 0.1) is 5.92 Å². The van der Waals surface area contributed by atoms with Crippen LogP contribution in [0.15, 0.2) is 30.3 Å². The minimum atomic E-state index is 0.726. The van der Waals surface area contributed by atoms with Crippen LogP contribution in [0.3, 0.4) is 0 Å². The van der Waals surface area contributed by atoms with Crippen molar-refractivity contribution in [3.05, 3.63) is 35.9 Å². The molecule has 16 heavy (non-hydrogen) atoms. The van der Waals surface area contributed by atoms with Gasteiger partial charge < -0.3 is 10.1 Å². The highest BCUT2D eigenvalue weighted by Crippen LogP contribution is 2.10. The van der Waals surface area contributed by atoms with E-state index in [0.29, 0.717) is 0 Å². The molecular formula is C14H21NO. The zero-order valence-corrected chi connectivity index (χ0v) is 9.82. The maximum atomic E-state index is 5.74. The summed E-state index contributed by atoms with van der Waals surface area (Å²) < 4.78 is 5.74. The average molecular weight is 219 g/mol. The molecule has 1 aliphatic rings. The normalized spacial score (nSPS) is 20.9. The van der Waals surface area contributed by atoms with Crippen LogP contribution in [-0.2, 0) is 11.2 Å². The minimum absolute atomic E-state index is 0.726. The molecule has 0 bridgehead atoms. The summed E-state index contributed by atoms with van der Waals surface area (Å²) in [4.78, 5) is 0. The van der Waals surface area contributed by atoms with Crippen LogP contribution in [0.2, 0.25) is 0 Å². The SMILES string of the molecule is c1ccc(CCOC[C@H]2CCCNC2)cc1. The van der Waals surface area contributed by atoms with E-state index in [4.69, 9.17) is 4.74 Å². The van der Waals surface area contributed by atoms with Gasteiger partial charge in [-0.2, -0.15) is 0 Å². The maximum Gasteiger partial charge on any atom is 0.0506 e. The topological polar surface area (TPSA) is 21.3 Å². The van der Waals surface area contributed by atoms with Crippen molar-refractivity contribution in [2.75, 3.05) is 26.3 Å². The van der Waals surface area contributed by atoms with Gasteiger partial charge in [0.25, 0.3) is 0 Å². The fourth-order valence-corrected chi connectivity index (χ4v) is 2.15. The van der Waals surface area contributed by atoms with Gasteiger partial charge in [-0.1, -0.05) is 30.3 Å². The first kappa shape index (κ1) is 11.6. The standard InChI is InChI=1S/C14H21NO/c1-2-5-13(6-3-1)8-10-16-12-14-7-4-9-15-11-14/h1-3,5-6,14-15H,4,7-12H2/t14-/m0/s1. The number of hydrogen-bond acceptors (Lipinski definition) is 2. The summed E-state index contributed by atoms with van der Waals surface area (Å²) in [6.45, 7) is 4.08. The lowest BCUT2D eigenvalue weighted by molar-refractivity contribution is 0.0921. The second-order valence-electron chi connectivity index (χ2n) is 4.52. The Hall–Kier alpha value is -0.860.